The summed E-state index contributed by atoms with van der Waals surface area (Å²) in [5, 5.41) is 7.77. The molecule has 1 aliphatic heterocycles. The van der Waals surface area contributed by atoms with Crippen LogP contribution in [0.4, 0.5) is 5.69 Å². The molecule has 3 aromatic rings. The molecule has 0 radical (unpaired) electrons. The highest BCUT2D eigenvalue weighted by Crippen LogP contribution is 2.21. The lowest BCUT2D eigenvalue weighted by Gasteiger charge is -2.16. The summed E-state index contributed by atoms with van der Waals surface area (Å²) in [5.41, 5.74) is 3.04. The Kier molecular flexibility index (Phi) is 7.73. The first-order chi connectivity index (χ1) is 14.2. The third-order valence-electron chi connectivity index (χ3n) is 5.15. The molecule has 2 aromatic carbocycles. The lowest BCUT2D eigenvalue weighted by molar-refractivity contribution is -0.117. The van der Waals surface area contributed by atoms with Crippen molar-refractivity contribution in [3.63, 3.8) is 0 Å². The first-order valence-corrected chi connectivity index (χ1v) is 10.0. The number of carbonyl (C=O) groups excluding carboxylic acids is 1. The van der Waals surface area contributed by atoms with Crippen LogP contribution in [-0.4, -0.2) is 32.0 Å². The molecule has 2 N–H and O–H groups in total. The summed E-state index contributed by atoms with van der Waals surface area (Å²) in [6.07, 6.45) is 2.38. The van der Waals surface area contributed by atoms with Crippen LogP contribution in [0.25, 0.3) is 11.0 Å². The smallest absolute Gasteiger partial charge is 0.227 e. The number of nitrogens with zero attached hydrogens (tertiary/aromatic N) is 2. The van der Waals surface area contributed by atoms with Crippen molar-refractivity contribution in [1.29, 1.82) is 0 Å². The lowest BCUT2D eigenvalue weighted by atomic mass is 10.2. The normalized spacial score (nSPS) is 14.1. The number of carbonyl (C=O) groups is 1. The van der Waals surface area contributed by atoms with Crippen molar-refractivity contribution in [2.75, 3.05) is 25.0 Å². The minimum absolute atomic E-state index is 0. The molecule has 7 heteroatoms. The van der Waals surface area contributed by atoms with Gasteiger partial charge in [0.05, 0.1) is 0 Å². The summed E-state index contributed by atoms with van der Waals surface area (Å²) in [6.45, 7) is 2.21. The predicted molar refractivity (Wildman–Crippen MR) is 132 cm³/mol. The molecule has 4 rings (SSSR count). The predicted octanol–water partition coefficient (Wildman–Crippen LogP) is 4.09. The second kappa shape index (κ2) is 10.5. The Hall–Kier alpha value is -2.55. The van der Waals surface area contributed by atoms with Gasteiger partial charge < -0.3 is 20.0 Å². The number of aliphatic imine (C=N–C) groups is 1. The number of halogens is 1. The Labute approximate surface area is 193 Å². The second-order valence-electron chi connectivity index (χ2n) is 7.17. The number of benzene rings is 2. The number of anilines is 1. The van der Waals surface area contributed by atoms with E-state index in [4.69, 9.17) is 4.42 Å². The molecule has 0 unspecified atom stereocenters. The van der Waals surface area contributed by atoms with Gasteiger partial charge in [0, 0.05) is 50.6 Å². The van der Waals surface area contributed by atoms with Crippen molar-refractivity contribution >= 4 is 52.5 Å². The van der Waals surface area contributed by atoms with Crippen LogP contribution in [0, 0.1) is 0 Å². The van der Waals surface area contributed by atoms with E-state index in [0.717, 1.165) is 59.9 Å². The molecule has 6 nitrogen and oxygen atoms in total. The number of rotatable bonds is 6. The highest BCUT2D eigenvalue weighted by atomic mass is 127. The van der Waals surface area contributed by atoms with E-state index in [2.05, 4.69) is 39.9 Å². The van der Waals surface area contributed by atoms with Gasteiger partial charge in [0.25, 0.3) is 0 Å². The molecule has 0 atom stereocenters. The van der Waals surface area contributed by atoms with E-state index >= 15 is 0 Å². The van der Waals surface area contributed by atoms with Gasteiger partial charge in [-0.15, -0.1) is 24.0 Å². The van der Waals surface area contributed by atoms with Gasteiger partial charge in [-0.25, -0.2) is 0 Å². The molecule has 0 saturated carbocycles. The fourth-order valence-electron chi connectivity index (χ4n) is 3.59. The molecule has 2 heterocycles. The summed E-state index contributed by atoms with van der Waals surface area (Å²) in [5.74, 6) is 1.92. The molecule has 30 heavy (non-hydrogen) atoms. The van der Waals surface area contributed by atoms with E-state index < -0.39 is 0 Å². The minimum atomic E-state index is 0. The zero-order valence-electron chi connectivity index (χ0n) is 17.1. The van der Waals surface area contributed by atoms with Crippen LogP contribution in [-0.2, 0) is 17.8 Å². The van der Waals surface area contributed by atoms with Gasteiger partial charge in [0.15, 0.2) is 5.96 Å². The van der Waals surface area contributed by atoms with Crippen LogP contribution in [0.3, 0.4) is 0 Å². The number of para-hydroxylation sites is 1. The summed E-state index contributed by atoms with van der Waals surface area (Å²) in [6, 6.07) is 18.2. The second-order valence-corrected chi connectivity index (χ2v) is 7.17. The lowest BCUT2D eigenvalue weighted by Crippen LogP contribution is -2.37. The van der Waals surface area contributed by atoms with E-state index in [9.17, 15) is 4.79 Å². The van der Waals surface area contributed by atoms with E-state index in [1.807, 2.05) is 35.2 Å². The molecular weight excluding hydrogens is 491 g/mol. The largest absolute Gasteiger partial charge is 0.461 e. The highest BCUT2D eigenvalue weighted by Gasteiger charge is 2.21. The Morgan fingerprint density at radius 2 is 1.93 bits per heavy atom. The molecular formula is C23H27IN4O2. The van der Waals surface area contributed by atoms with Crippen molar-refractivity contribution in [3.05, 3.63) is 65.9 Å². The Morgan fingerprint density at radius 3 is 2.63 bits per heavy atom. The van der Waals surface area contributed by atoms with Crippen LogP contribution in [0.15, 0.2) is 64.0 Å². The number of hydrogen-bond donors (Lipinski definition) is 2. The zero-order chi connectivity index (χ0) is 20.1. The van der Waals surface area contributed by atoms with Crippen molar-refractivity contribution in [2.24, 2.45) is 4.99 Å². The molecule has 0 bridgehead atoms. The van der Waals surface area contributed by atoms with Crippen molar-refractivity contribution in [1.82, 2.24) is 10.6 Å². The summed E-state index contributed by atoms with van der Waals surface area (Å²) in [4.78, 5) is 18.0. The minimum Gasteiger partial charge on any atom is -0.461 e. The fraction of sp³-hybridized carbons (Fsp3) is 0.304. The summed E-state index contributed by atoms with van der Waals surface area (Å²) < 4.78 is 5.85. The van der Waals surface area contributed by atoms with Gasteiger partial charge in [-0.3, -0.25) is 9.79 Å². The van der Waals surface area contributed by atoms with Crippen LogP contribution in [0.5, 0.6) is 0 Å². The molecule has 1 aliphatic rings. The van der Waals surface area contributed by atoms with Gasteiger partial charge in [-0.1, -0.05) is 30.3 Å². The maximum Gasteiger partial charge on any atom is 0.227 e. The quantitative estimate of drug-likeness (QED) is 0.293. The standard InChI is InChI=1S/C23H26N4O2.HI/c1-24-23(25-13-12-20-15-18-5-2-3-6-21(18)29-20)26-16-17-8-10-19(11-9-17)27-14-4-7-22(27)28;/h2-3,5-6,8-11,15H,4,7,12-14,16H2,1H3,(H2,24,25,26);1H. The van der Waals surface area contributed by atoms with Gasteiger partial charge in [-0.2, -0.15) is 0 Å². The maximum atomic E-state index is 11.9. The first kappa shape index (κ1) is 22.1. The fourth-order valence-corrected chi connectivity index (χ4v) is 3.59. The van der Waals surface area contributed by atoms with Crippen LogP contribution < -0.4 is 15.5 Å². The third kappa shape index (κ3) is 5.33. The third-order valence-corrected chi connectivity index (χ3v) is 5.15. The molecule has 1 fully saturated rings. The Balaban J connectivity index is 0.00000256. The molecule has 1 amide bonds. The molecule has 0 aliphatic carbocycles. The molecule has 0 spiro atoms. The van der Waals surface area contributed by atoms with Crippen LogP contribution >= 0.6 is 24.0 Å². The molecule has 158 valence electrons. The van der Waals surface area contributed by atoms with Crippen LogP contribution in [0.1, 0.15) is 24.2 Å². The number of furan rings is 1. The van der Waals surface area contributed by atoms with Gasteiger partial charge in [-0.05, 0) is 36.2 Å². The van der Waals surface area contributed by atoms with E-state index in [-0.39, 0.29) is 29.9 Å². The Morgan fingerprint density at radius 1 is 1.13 bits per heavy atom. The van der Waals surface area contributed by atoms with E-state index in [1.165, 1.54) is 0 Å². The number of hydrogen-bond acceptors (Lipinski definition) is 3. The van der Waals surface area contributed by atoms with E-state index in [1.54, 1.807) is 7.05 Å². The summed E-state index contributed by atoms with van der Waals surface area (Å²) >= 11 is 0. The first-order valence-electron chi connectivity index (χ1n) is 10.0. The SMILES string of the molecule is CN=C(NCCc1cc2ccccc2o1)NCc1ccc(N2CCCC2=O)cc1.I. The highest BCUT2D eigenvalue weighted by molar-refractivity contribution is 14.0. The average molecular weight is 518 g/mol. The van der Waals surface area contributed by atoms with Gasteiger partial charge in [0.2, 0.25) is 5.91 Å². The molecule has 1 aromatic heterocycles. The van der Waals surface area contributed by atoms with E-state index in [0.29, 0.717) is 13.0 Å². The van der Waals surface area contributed by atoms with Crippen molar-refractivity contribution in [2.45, 2.75) is 25.8 Å². The number of amides is 1. The maximum absolute atomic E-state index is 11.9. The number of guanidine groups is 1. The Bertz CT molecular complexity index is 980. The number of fused-ring (bicyclic) bond motifs is 1. The summed E-state index contributed by atoms with van der Waals surface area (Å²) in [7, 11) is 1.76. The van der Waals surface area contributed by atoms with Crippen LogP contribution in [0.2, 0.25) is 0 Å². The van der Waals surface area contributed by atoms with Gasteiger partial charge >= 0.3 is 0 Å². The average Bonchev–Trinajstić information content (AvgIpc) is 3.36. The van der Waals surface area contributed by atoms with Crippen molar-refractivity contribution < 1.29 is 9.21 Å². The topological polar surface area (TPSA) is 69.9 Å². The zero-order valence-corrected chi connectivity index (χ0v) is 19.4. The van der Waals surface area contributed by atoms with Gasteiger partial charge in [0.1, 0.15) is 11.3 Å². The van der Waals surface area contributed by atoms with Crippen molar-refractivity contribution in [3.8, 4) is 0 Å². The molecule has 1 saturated heterocycles. The monoisotopic (exact) mass is 518 g/mol. The number of nitrogens with one attached hydrogen (secondary N) is 2.